The number of hydrogen-bond acceptors (Lipinski definition) is 6. The van der Waals surface area contributed by atoms with E-state index in [2.05, 4.69) is 31.3 Å². The number of nitrogens with one attached hydrogen (secondary N) is 1. The molecule has 0 saturated carbocycles. The number of nitrogens with zero attached hydrogens (tertiary/aromatic N) is 4. The van der Waals surface area contributed by atoms with Gasteiger partial charge in [0.05, 0.1) is 11.1 Å². The second-order valence-electron chi connectivity index (χ2n) is 4.14. The summed E-state index contributed by atoms with van der Waals surface area (Å²) in [5.74, 6) is -1.32. The molecule has 0 bridgehead atoms. The average Bonchev–Trinajstić information content (AvgIpc) is 2.83. The minimum atomic E-state index is -1.19. The van der Waals surface area contributed by atoms with Gasteiger partial charge in [-0.1, -0.05) is 0 Å². The zero-order valence-electron chi connectivity index (χ0n) is 10.7. The van der Waals surface area contributed by atoms with Gasteiger partial charge < -0.3 is 10.4 Å². The molecule has 0 saturated heterocycles. The van der Waals surface area contributed by atoms with Crippen LogP contribution in [0.2, 0.25) is 0 Å². The van der Waals surface area contributed by atoms with Crippen molar-refractivity contribution in [2.75, 3.05) is 5.32 Å². The largest absolute Gasteiger partial charge is 0.479 e. The van der Waals surface area contributed by atoms with Gasteiger partial charge >= 0.3 is 11.7 Å². The molecule has 2 aromatic rings. The zero-order chi connectivity index (χ0) is 15.6. The van der Waals surface area contributed by atoms with Crippen molar-refractivity contribution in [1.82, 2.24) is 14.8 Å². The Bertz CT molecular complexity index is 702. The van der Waals surface area contributed by atoms with Crippen LogP contribution in [0.4, 0.5) is 11.5 Å². The summed E-state index contributed by atoms with van der Waals surface area (Å²) < 4.78 is 1.86. The lowest BCUT2D eigenvalue weighted by Gasteiger charge is -2.13. The van der Waals surface area contributed by atoms with Gasteiger partial charge in [-0.05, 0) is 15.9 Å². The number of aliphatic carboxylic acids is 1. The fourth-order valence-corrected chi connectivity index (χ4v) is 2.01. The predicted molar refractivity (Wildman–Crippen MR) is 75.8 cm³/mol. The Morgan fingerprint density at radius 2 is 2.29 bits per heavy atom. The summed E-state index contributed by atoms with van der Waals surface area (Å²) in [6.45, 7) is 0. The first-order valence-corrected chi connectivity index (χ1v) is 6.45. The fourth-order valence-electron chi connectivity index (χ4n) is 1.69. The number of carbonyl (C=O) groups is 1. The first kappa shape index (κ1) is 14.9. The third-order valence-electron chi connectivity index (χ3n) is 2.62. The van der Waals surface area contributed by atoms with Crippen molar-refractivity contribution in [3.05, 3.63) is 44.8 Å². The van der Waals surface area contributed by atoms with Gasteiger partial charge in [-0.2, -0.15) is 5.10 Å². The Balaban J connectivity index is 2.38. The highest BCUT2D eigenvalue weighted by molar-refractivity contribution is 9.10. The van der Waals surface area contributed by atoms with Crippen molar-refractivity contribution in [2.24, 2.45) is 7.05 Å². The number of hydrogen-bond donors (Lipinski definition) is 2. The SMILES string of the molecule is Cn1cc(C(Nc2ncc(Br)cc2[N+](=O)[O-])C(=O)O)cn1. The number of anilines is 1. The first-order valence-electron chi connectivity index (χ1n) is 5.66. The predicted octanol–water partition coefficient (Wildman–Crippen LogP) is 1.72. The van der Waals surface area contributed by atoms with E-state index in [1.165, 1.54) is 29.3 Å². The normalized spacial score (nSPS) is 11.9. The second kappa shape index (κ2) is 5.87. The quantitative estimate of drug-likeness (QED) is 0.618. The van der Waals surface area contributed by atoms with Crippen LogP contribution in [0.15, 0.2) is 29.1 Å². The Hall–Kier alpha value is -2.49. The van der Waals surface area contributed by atoms with Gasteiger partial charge in [0.1, 0.15) is 0 Å². The minimum absolute atomic E-state index is 0.126. The van der Waals surface area contributed by atoms with Gasteiger partial charge in [0.25, 0.3) is 0 Å². The Labute approximate surface area is 126 Å². The van der Waals surface area contributed by atoms with Crippen molar-refractivity contribution in [1.29, 1.82) is 0 Å². The molecule has 0 spiro atoms. The van der Waals surface area contributed by atoms with E-state index >= 15 is 0 Å². The molecule has 0 aromatic carbocycles. The van der Waals surface area contributed by atoms with Crippen LogP contribution in [0.1, 0.15) is 11.6 Å². The van der Waals surface area contributed by atoms with E-state index in [0.717, 1.165) is 0 Å². The number of nitro groups is 1. The van der Waals surface area contributed by atoms with Crippen LogP contribution in [-0.4, -0.2) is 30.8 Å². The van der Waals surface area contributed by atoms with Crippen LogP contribution in [0.3, 0.4) is 0 Å². The van der Waals surface area contributed by atoms with Gasteiger partial charge in [0.2, 0.25) is 5.82 Å². The van der Waals surface area contributed by atoms with Crippen molar-refractivity contribution < 1.29 is 14.8 Å². The fraction of sp³-hybridized carbons (Fsp3) is 0.182. The summed E-state index contributed by atoms with van der Waals surface area (Å²) in [6, 6.07) is 0.0587. The maximum atomic E-state index is 11.4. The smallest absolute Gasteiger partial charge is 0.330 e. The Morgan fingerprint density at radius 3 is 2.81 bits per heavy atom. The van der Waals surface area contributed by atoms with Gasteiger partial charge in [-0.25, -0.2) is 9.78 Å². The number of aromatic nitrogens is 3. The van der Waals surface area contributed by atoms with E-state index in [0.29, 0.717) is 10.0 Å². The van der Waals surface area contributed by atoms with E-state index < -0.39 is 16.9 Å². The Morgan fingerprint density at radius 1 is 1.57 bits per heavy atom. The van der Waals surface area contributed by atoms with E-state index in [1.54, 1.807) is 7.05 Å². The van der Waals surface area contributed by atoms with Crippen LogP contribution in [0.5, 0.6) is 0 Å². The Kier molecular flexibility index (Phi) is 4.17. The highest BCUT2D eigenvalue weighted by Gasteiger charge is 2.26. The number of halogens is 1. The molecule has 1 atom stereocenters. The maximum Gasteiger partial charge on any atom is 0.330 e. The number of rotatable bonds is 5. The molecule has 0 amide bonds. The molecule has 0 fully saturated rings. The van der Waals surface area contributed by atoms with Crippen molar-refractivity contribution in [3.63, 3.8) is 0 Å². The summed E-state index contributed by atoms with van der Waals surface area (Å²) in [4.78, 5) is 25.6. The second-order valence-corrected chi connectivity index (χ2v) is 5.06. The summed E-state index contributed by atoms with van der Waals surface area (Å²) >= 11 is 3.08. The zero-order valence-corrected chi connectivity index (χ0v) is 12.3. The van der Waals surface area contributed by atoms with E-state index in [9.17, 15) is 20.0 Å². The van der Waals surface area contributed by atoms with Crippen molar-refractivity contribution >= 4 is 33.4 Å². The molecule has 1 unspecified atom stereocenters. The lowest BCUT2D eigenvalue weighted by molar-refractivity contribution is -0.384. The number of carboxylic acids is 1. The van der Waals surface area contributed by atoms with E-state index in [1.807, 2.05) is 0 Å². The molecule has 2 N–H and O–H groups in total. The minimum Gasteiger partial charge on any atom is -0.479 e. The molecule has 0 radical (unpaired) electrons. The number of aryl methyl sites for hydroxylation is 1. The molecule has 2 heterocycles. The van der Waals surface area contributed by atoms with E-state index in [-0.39, 0.29) is 11.5 Å². The van der Waals surface area contributed by atoms with Crippen LogP contribution in [0, 0.1) is 10.1 Å². The monoisotopic (exact) mass is 355 g/mol. The molecule has 10 heteroatoms. The molecular weight excluding hydrogens is 346 g/mol. The number of carboxylic acid groups (broad SMARTS) is 1. The summed E-state index contributed by atoms with van der Waals surface area (Å²) in [6.07, 6.45) is 4.23. The van der Waals surface area contributed by atoms with Crippen LogP contribution >= 0.6 is 15.9 Å². The van der Waals surface area contributed by atoms with Gasteiger partial charge in [-0.3, -0.25) is 14.8 Å². The molecule has 2 rings (SSSR count). The molecule has 9 nitrogen and oxygen atoms in total. The molecule has 0 aliphatic heterocycles. The van der Waals surface area contributed by atoms with Gasteiger partial charge in [0, 0.05) is 35.5 Å². The maximum absolute atomic E-state index is 11.4. The van der Waals surface area contributed by atoms with Crippen molar-refractivity contribution in [2.45, 2.75) is 6.04 Å². The topological polar surface area (TPSA) is 123 Å². The third kappa shape index (κ3) is 3.34. The van der Waals surface area contributed by atoms with Gasteiger partial charge in [-0.15, -0.1) is 0 Å². The molecule has 21 heavy (non-hydrogen) atoms. The summed E-state index contributed by atoms with van der Waals surface area (Å²) in [7, 11) is 1.64. The van der Waals surface area contributed by atoms with Crippen molar-refractivity contribution in [3.8, 4) is 0 Å². The molecule has 2 aromatic heterocycles. The third-order valence-corrected chi connectivity index (χ3v) is 3.05. The molecule has 0 aliphatic rings. The standard InChI is InChI=1S/C11H10BrN5O4/c1-16-5-6(3-14-16)9(11(18)19)15-10-8(17(20)21)2-7(12)4-13-10/h2-5,9H,1H3,(H,13,15)(H,18,19). The van der Waals surface area contributed by atoms with Crippen LogP contribution < -0.4 is 5.32 Å². The lowest BCUT2D eigenvalue weighted by Crippen LogP contribution is -2.21. The lowest BCUT2D eigenvalue weighted by atomic mass is 10.1. The average molecular weight is 356 g/mol. The number of pyridine rings is 1. The molecular formula is C11H10BrN5O4. The summed E-state index contributed by atoms with van der Waals surface area (Å²) in [5.41, 5.74) is 0.0449. The highest BCUT2D eigenvalue weighted by Crippen LogP contribution is 2.28. The van der Waals surface area contributed by atoms with E-state index in [4.69, 9.17) is 0 Å². The van der Waals surface area contributed by atoms with Gasteiger partial charge in [0.15, 0.2) is 6.04 Å². The molecule has 110 valence electrons. The molecule has 0 aliphatic carbocycles. The van der Waals surface area contributed by atoms with Crippen LogP contribution in [-0.2, 0) is 11.8 Å². The first-order chi connectivity index (χ1) is 9.88. The van der Waals surface area contributed by atoms with Crippen LogP contribution in [0.25, 0.3) is 0 Å². The highest BCUT2D eigenvalue weighted by atomic mass is 79.9. The summed E-state index contributed by atoms with van der Waals surface area (Å²) in [5, 5.41) is 26.7.